The molecule has 0 aromatic heterocycles. The number of benzene rings is 2. The fourth-order valence-corrected chi connectivity index (χ4v) is 4.68. The molecule has 2 aliphatic heterocycles. The molecule has 2 heterocycles. The van der Waals surface area contributed by atoms with E-state index in [9.17, 15) is 14.4 Å². The highest BCUT2D eigenvalue weighted by molar-refractivity contribution is 6.00. The highest BCUT2D eigenvalue weighted by atomic mass is 16.5. The maximum absolute atomic E-state index is 12.8. The van der Waals surface area contributed by atoms with E-state index in [0.717, 1.165) is 16.7 Å². The van der Waals surface area contributed by atoms with Crippen molar-refractivity contribution in [2.75, 3.05) is 19.6 Å². The summed E-state index contributed by atoms with van der Waals surface area (Å²) in [6, 6.07) is 11.4. The minimum atomic E-state index is -0.555. The van der Waals surface area contributed by atoms with Gasteiger partial charge < -0.3 is 15.0 Å². The van der Waals surface area contributed by atoms with Crippen molar-refractivity contribution in [3.63, 3.8) is 0 Å². The minimum absolute atomic E-state index is 0.0170. The van der Waals surface area contributed by atoms with Gasteiger partial charge in [-0.05, 0) is 60.2 Å². The average molecular weight is 463 g/mol. The van der Waals surface area contributed by atoms with Crippen molar-refractivity contribution < 1.29 is 19.1 Å². The Kier molecular flexibility index (Phi) is 6.28. The first-order valence-corrected chi connectivity index (χ1v) is 12.0. The number of Topliss-reactive ketones (excluding diaryl/α,β-unsaturated/α-hetero) is 1. The van der Waals surface area contributed by atoms with Gasteiger partial charge in [-0.15, -0.1) is 0 Å². The standard InChI is InChI=1S/C28H34N2O4/c1-18-14-22-23(31)16-28(34-24(22)15-19(18)2)10-12-30(13-11-28)25(32)17-29-26(33)20-6-8-21(9-7-20)27(3,4)5/h6-9,14-15H,10-13,16-17H2,1-5H3,(H,29,33). The minimum Gasteiger partial charge on any atom is -0.486 e. The van der Waals surface area contributed by atoms with Crippen LogP contribution in [-0.4, -0.2) is 47.7 Å². The van der Waals surface area contributed by atoms with Crippen LogP contribution in [0.5, 0.6) is 5.75 Å². The number of nitrogens with one attached hydrogen (secondary N) is 1. The highest BCUT2D eigenvalue weighted by Gasteiger charge is 2.43. The number of hydrogen-bond acceptors (Lipinski definition) is 4. The molecule has 0 aliphatic carbocycles. The molecule has 2 aromatic rings. The van der Waals surface area contributed by atoms with Crippen LogP contribution < -0.4 is 10.1 Å². The maximum Gasteiger partial charge on any atom is 0.251 e. The number of likely N-dealkylation sites (tertiary alicyclic amines) is 1. The summed E-state index contributed by atoms with van der Waals surface area (Å²) >= 11 is 0. The number of piperidine rings is 1. The Hall–Kier alpha value is -3.15. The Bertz CT molecular complexity index is 1120. The van der Waals surface area contributed by atoms with Crippen LogP contribution in [0.2, 0.25) is 0 Å². The van der Waals surface area contributed by atoms with Gasteiger partial charge in [0.1, 0.15) is 11.4 Å². The molecule has 2 aromatic carbocycles. The quantitative estimate of drug-likeness (QED) is 0.736. The van der Waals surface area contributed by atoms with E-state index in [1.807, 2.05) is 38.1 Å². The number of carbonyl (C=O) groups is 3. The predicted octanol–water partition coefficient (Wildman–Crippen LogP) is 4.36. The molecule has 0 bridgehead atoms. The van der Waals surface area contributed by atoms with Gasteiger partial charge in [-0.1, -0.05) is 32.9 Å². The zero-order valence-electron chi connectivity index (χ0n) is 20.8. The molecule has 180 valence electrons. The lowest BCUT2D eigenvalue weighted by atomic mass is 9.82. The Morgan fingerprint density at radius 3 is 2.26 bits per heavy atom. The smallest absolute Gasteiger partial charge is 0.251 e. The molecule has 0 saturated carbocycles. The van der Waals surface area contributed by atoms with E-state index in [1.54, 1.807) is 17.0 Å². The second-order valence-electron chi connectivity index (χ2n) is 10.7. The van der Waals surface area contributed by atoms with Gasteiger partial charge in [0, 0.05) is 31.5 Å². The summed E-state index contributed by atoms with van der Waals surface area (Å²) in [6.45, 7) is 11.3. The molecule has 1 N–H and O–H groups in total. The SMILES string of the molecule is Cc1cc2c(cc1C)C(=O)CC1(CCN(C(=O)CNC(=O)c3ccc(C(C)(C)C)cc3)CC1)O2. The van der Waals surface area contributed by atoms with Crippen molar-refractivity contribution in [1.82, 2.24) is 10.2 Å². The molecule has 1 fully saturated rings. The van der Waals surface area contributed by atoms with Crippen LogP contribution in [-0.2, 0) is 10.2 Å². The fourth-order valence-electron chi connectivity index (χ4n) is 4.68. The summed E-state index contributed by atoms with van der Waals surface area (Å²) in [5.74, 6) is 0.382. The van der Waals surface area contributed by atoms with Crippen molar-refractivity contribution in [2.45, 2.75) is 64.9 Å². The second kappa shape index (κ2) is 8.90. The third kappa shape index (κ3) is 4.86. The lowest BCUT2D eigenvalue weighted by Gasteiger charge is -2.44. The number of fused-ring (bicyclic) bond motifs is 1. The molecule has 2 amide bonds. The molecule has 2 aliphatic rings. The molecule has 6 nitrogen and oxygen atoms in total. The maximum atomic E-state index is 12.8. The van der Waals surface area contributed by atoms with Crippen molar-refractivity contribution in [3.05, 3.63) is 64.2 Å². The highest BCUT2D eigenvalue weighted by Crippen LogP contribution is 2.40. The number of ketones is 1. The molecule has 4 rings (SSSR count). The lowest BCUT2D eigenvalue weighted by Crippen LogP contribution is -2.53. The number of aryl methyl sites for hydroxylation is 2. The summed E-state index contributed by atoms with van der Waals surface area (Å²) in [5, 5.41) is 2.74. The van der Waals surface area contributed by atoms with E-state index in [1.165, 1.54) is 0 Å². The summed E-state index contributed by atoms with van der Waals surface area (Å²) in [6.07, 6.45) is 1.53. The molecule has 34 heavy (non-hydrogen) atoms. The number of nitrogens with zero attached hydrogens (tertiary/aromatic N) is 1. The average Bonchev–Trinajstić information content (AvgIpc) is 2.79. The number of amides is 2. The van der Waals surface area contributed by atoms with Gasteiger partial charge in [0.05, 0.1) is 18.5 Å². The summed E-state index contributed by atoms with van der Waals surface area (Å²) in [4.78, 5) is 39.8. The number of carbonyl (C=O) groups excluding carboxylic acids is 3. The third-order valence-corrected chi connectivity index (χ3v) is 7.15. The van der Waals surface area contributed by atoms with Gasteiger partial charge in [0.2, 0.25) is 5.91 Å². The fraction of sp³-hybridized carbons (Fsp3) is 0.464. The Morgan fingerprint density at radius 1 is 1.03 bits per heavy atom. The lowest BCUT2D eigenvalue weighted by molar-refractivity contribution is -0.133. The van der Waals surface area contributed by atoms with Gasteiger partial charge in [-0.3, -0.25) is 14.4 Å². The first-order chi connectivity index (χ1) is 16.0. The van der Waals surface area contributed by atoms with Crippen LogP contribution in [0.4, 0.5) is 0 Å². The zero-order chi connectivity index (χ0) is 24.7. The number of rotatable bonds is 3. The molecular weight excluding hydrogens is 428 g/mol. The normalized spacial score (nSPS) is 17.2. The molecule has 0 unspecified atom stereocenters. The topological polar surface area (TPSA) is 75.7 Å². The van der Waals surface area contributed by atoms with E-state index in [2.05, 4.69) is 26.1 Å². The predicted molar refractivity (Wildman–Crippen MR) is 132 cm³/mol. The van der Waals surface area contributed by atoms with Crippen molar-refractivity contribution in [1.29, 1.82) is 0 Å². The largest absolute Gasteiger partial charge is 0.486 e. The van der Waals surface area contributed by atoms with E-state index < -0.39 is 5.60 Å². The van der Waals surface area contributed by atoms with Gasteiger partial charge in [0.25, 0.3) is 5.91 Å². The van der Waals surface area contributed by atoms with E-state index >= 15 is 0 Å². The van der Waals surface area contributed by atoms with E-state index in [-0.39, 0.29) is 29.6 Å². The van der Waals surface area contributed by atoms with Gasteiger partial charge in [0.15, 0.2) is 5.78 Å². The molecule has 6 heteroatoms. The van der Waals surface area contributed by atoms with Crippen LogP contribution in [0.25, 0.3) is 0 Å². The van der Waals surface area contributed by atoms with E-state index in [4.69, 9.17) is 4.74 Å². The monoisotopic (exact) mass is 462 g/mol. The van der Waals surface area contributed by atoms with Crippen LogP contribution in [0, 0.1) is 13.8 Å². The summed E-state index contributed by atoms with van der Waals surface area (Å²) in [7, 11) is 0. The molecular formula is C28H34N2O4. The van der Waals surface area contributed by atoms with Gasteiger partial charge >= 0.3 is 0 Å². The van der Waals surface area contributed by atoms with Crippen molar-refractivity contribution in [2.24, 2.45) is 0 Å². The Labute approximate surface area is 201 Å². The van der Waals surface area contributed by atoms with E-state index in [0.29, 0.717) is 49.2 Å². The number of ether oxygens (including phenoxy) is 1. The molecule has 1 spiro atoms. The second-order valence-corrected chi connectivity index (χ2v) is 10.7. The number of hydrogen-bond donors (Lipinski definition) is 1. The first kappa shape index (κ1) is 24.0. The molecule has 0 atom stereocenters. The zero-order valence-corrected chi connectivity index (χ0v) is 20.8. The third-order valence-electron chi connectivity index (χ3n) is 7.15. The first-order valence-electron chi connectivity index (χ1n) is 12.0. The molecule has 1 saturated heterocycles. The van der Waals surface area contributed by atoms with Crippen molar-refractivity contribution in [3.8, 4) is 5.75 Å². The summed E-state index contributed by atoms with van der Waals surface area (Å²) < 4.78 is 6.36. The Balaban J connectivity index is 1.32. The van der Waals surface area contributed by atoms with Gasteiger partial charge in [-0.2, -0.15) is 0 Å². The van der Waals surface area contributed by atoms with Crippen LogP contribution in [0.3, 0.4) is 0 Å². The van der Waals surface area contributed by atoms with Crippen LogP contribution in [0.1, 0.15) is 77.4 Å². The summed E-state index contributed by atoms with van der Waals surface area (Å²) in [5.41, 5.74) is 3.99. The molecule has 0 radical (unpaired) electrons. The van der Waals surface area contributed by atoms with Crippen molar-refractivity contribution >= 4 is 17.6 Å². The van der Waals surface area contributed by atoms with Crippen LogP contribution in [0.15, 0.2) is 36.4 Å². The Morgan fingerprint density at radius 2 is 1.65 bits per heavy atom. The van der Waals surface area contributed by atoms with Crippen LogP contribution >= 0.6 is 0 Å². The van der Waals surface area contributed by atoms with Gasteiger partial charge in [-0.25, -0.2) is 0 Å².